The fourth-order valence-electron chi connectivity index (χ4n) is 3.41. The van der Waals surface area contributed by atoms with Crippen molar-refractivity contribution in [2.45, 2.75) is 43.9 Å². The molecule has 0 unspecified atom stereocenters. The maximum Gasteiger partial charge on any atom is 0.249 e. The van der Waals surface area contributed by atoms with E-state index in [1.807, 2.05) is 35.2 Å². The lowest BCUT2D eigenvalue weighted by Gasteiger charge is -2.37. The summed E-state index contributed by atoms with van der Waals surface area (Å²) in [4.78, 5) is 25.9. The number of hydrogen-bond donors (Lipinski definition) is 3. The Morgan fingerprint density at radius 1 is 1.12 bits per heavy atom. The lowest BCUT2D eigenvalue weighted by atomic mass is 9.89. The number of hydrogen-bond acceptors (Lipinski definition) is 4. The maximum absolute atomic E-state index is 12.0. The molecular weight excluding hydrogens is 306 g/mol. The highest BCUT2D eigenvalue weighted by Gasteiger charge is 2.35. The summed E-state index contributed by atoms with van der Waals surface area (Å²) in [6.45, 7) is 1.28. The van der Waals surface area contributed by atoms with Gasteiger partial charge in [-0.05, 0) is 50.3 Å². The molecule has 4 N–H and O–H groups in total. The second-order valence-corrected chi connectivity index (χ2v) is 6.82. The summed E-state index contributed by atoms with van der Waals surface area (Å²) >= 11 is 0. The van der Waals surface area contributed by atoms with E-state index in [9.17, 15) is 14.7 Å². The number of carbonyl (C=O) groups is 2. The van der Waals surface area contributed by atoms with E-state index in [0.717, 1.165) is 18.4 Å². The van der Waals surface area contributed by atoms with Crippen molar-refractivity contribution in [3.8, 4) is 0 Å². The lowest BCUT2D eigenvalue weighted by molar-refractivity contribution is -0.134. The first-order chi connectivity index (χ1) is 11.6. The number of primary amides is 1. The largest absolute Gasteiger partial charge is 0.383 e. The van der Waals surface area contributed by atoms with Crippen molar-refractivity contribution in [2.24, 2.45) is 11.7 Å². The van der Waals surface area contributed by atoms with Gasteiger partial charge in [-0.15, -0.1) is 0 Å². The SMILES string of the molecule is NC(=O)[C@H](c1ccccc1)N1CCC([C@H](O)C(=O)NC2CC2)CC1. The predicted molar refractivity (Wildman–Crippen MR) is 89.8 cm³/mol. The molecule has 2 fully saturated rings. The van der Waals surface area contributed by atoms with E-state index in [1.165, 1.54) is 0 Å². The number of aliphatic hydroxyl groups is 1. The number of benzene rings is 1. The molecule has 2 aliphatic rings. The minimum atomic E-state index is -0.962. The van der Waals surface area contributed by atoms with Crippen LogP contribution in [0.4, 0.5) is 0 Å². The number of nitrogens with one attached hydrogen (secondary N) is 1. The molecule has 0 bridgehead atoms. The van der Waals surface area contributed by atoms with E-state index in [-0.39, 0.29) is 23.8 Å². The first-order valence-corrected chi connectivity index (χ1v) is 8.63. The van der Waals surface area contributed by atoms with Crippen molar-refractivity contribution in [2.75, 3.05) is 13.1 Å². The number of nitrogens with two attached hydrogens (primary N) is 1. The van der Waals surface area contributed by atoms with E-state index in [4.69, 9.17) is 5.73 Å². The number of rotatable bonds is 6. The zero-order valence-electron chi connectivity index (χ0n) is 13.7. The van der Waals surface area contributed by atoms with Crippen LogP contribution in [-0.4, -0.2) is 47.1 Å². The van der Waals surface area contributed by atoms with Crippen molar-refractivity contribution in [1.29, 1.82) is 0 Å². The van der Waals surface area contributed by atoms with Gasteiger partial charge in [-0.2, -0.15) is 0 Å². The van der Waals surface area contributed by atoms with Gasteiger partial charge in [0.15, 0.2) is 0 Å². The van der Waals surface area contributed by atoms with Crippen molar-refractivity contribution in [3.05, 3.63) is 35.9 Å². The first-order valence-electron chi connectivity index (χ1n) is 8.63. The van der Waals surface area contributed by atoms with Crippen LogP contribution >= 0.6 is 0 Å². The van der Waals surface area contributed by atoms with Gasteiger partial charge in [-0.3, -0.25) is 14.5 Å². The molecule has 1 saturated heterocycles. The summed E-state index contributed by atoms with van der Waals surface area (Å²) in [7, 11) is 0. The number of carbonyl (C=O) groups excluding carboxylic acids is 2. The monoisotopic (exact) mass is 331 g/mol. The van der Waals surface area contributed by atoms with Gasteiger partial charge in [-0.25, -0.2) is 0 Å². The van der Waals surface area contributed by atoms with E-state index >= 15 is 0 Å². The van der Waals surface area contributed by atoms with Crippen LogP contribution in [0.1, 0.15) is 37.3 Å². The number of amides is 2. The maximum atomic E-state index is 12.0. The minimum absolute atomic E-state index is 0.0655. The van der Waals surface area contributed by atoms with Crippen LogP contribution in [0.15, 0.2) is 30.3 Å². The Morgan fingerprint density at radius 2 is 1.75 bits per heavy atom. The van der Waals surface area contributed by atoms with Gasteiger partial charge >= 0.3 is 0 Å². The summed E-state index contributed by atoms with van der Waals surface area (Å²) < 4.78 is 0. The molecule has 1 aliphatic carbocycles. The van der Waals surface area contributed by atoms with Crippen molar-refractivity contribution in [1.82, 2.24) is 10.2 Å². The smallest absolute Gasteiger partial charge is 0.249 e. The van der Waals surface area contributed by atoms with Gasteiger partial charge in [0.1, 0.15) is 12.1 Å². The molecular formula is C18H25N3O3. The second-order valence-electron chi connectivity index (χ2n) is 6.82. The molecule has 6 heteroatoms. The summed E-state index contributed by atoms with van der Waals surface area (Å²) in [5, 5.41) is 13.1. The molecule has 1 aromatic rings. The molecule has 3 rings (SSSR count). The highest BCUT2D eigenvalue weighted by Crippen LogP contribution is 2.29. The molecule has 1 aromatic carbocycles. The number of likely N-dealkylation sites (tertiary alicyclic amines) is 1. The zero-order valence-corrected chi connectivity index (χ0v) is 13.7. The fraction of sp³-hybridized carbons (Fsp3) is 0.556. The average molecular weight is 331 g/mol. The van der Waals surface area contributed by atoms with Gasteiger partial charge < -0.3 is 16.2 Å². The van der Waals surface area contributed by atoms with Crippen LogP contribution in [0.3, 0.4) is 0 Å². The van der Waals surface area contributed by atoms with Crippen molar-refractivity contribution in [3.63, 3.8) is 0 Å². The van der Waals surface area contributed by atoms with Crippen molar-refractivity contribution >= 4 is 11.8 Å². The van der Waals surface area contributed by atoms with E-state index in [1.54, 1.807) is 0 Å². The Labute approximate surface area is 142 Å². The third kappa shape index (κ3) is 3.94. The van der Waals surface area contributed by atoms with E-state index < -0.39 is 12.1 Å². The summed E-state index contributed by atoms with van der Waals surface area (Å²) in [5.41, 5.74) is 6.49. The van der Waals surface area contributed by atoms with E-state index in [0.29, 0.717) is 25.9 Å². The molecule has 0 spiro atoms. The molecule has 0 aromatic heterocycles. The van der Waals surface area contributed by atoms with Gasteiger partial charge in [-0.1, -0.05) is 30.3 Å². The van der Waals surface area contributed by atoms with Crippen LogP contribution in [0.2, 0.25) is 0 Å². The fourth-order valence-corrected chi connectivity index (χ4v) is 3.41. The van der Waals surface area contributed by atoms with Crippen molar-refractivity contribution < 1.29 is 14.7 Å². The first kappa shape index (κ1) is 16.9. The summed E-state index contributed by atoms with van der Waals surface area (Å²) in [6.07, 6.45) is 2.41. The highest BCUT2D eigenvalue weighted by atomic mass is 16.3. The van der Waals surface area contributed by atoms with Crippen LogP contribution in [0, 0.1) is 5.92 Å². The Bertz CT molecular complexity index is 580. The van der Waals surface area contributed by atoms with Gasteiger partial charge in [0.25, 0.3) is 0 Å². The third-order valence-electron chi connectivity index (χ3n) is 4.96. The third-order valence-corrected chi connectivity index (χ3v) is 4.96. The quantitative estimate of drug-likeness (QED) is 0.710. The topological polar surface area (TPSA) is 95.7 Å². The van der Waals surface area contributed by atoms with E-state index in [2.05, 4.69) is 5.32 Å². The Kier molecular flexibility index (Phi) is 5.16. The lowest BCUT2D eigenvalue weighted by Crippen LogP contribution is -2.47. The Hall–Kier alpha value is -1.92. The normalized spacial score (nSPS) is 21.9. The minimum Gasteiger partial charge on any atom is -0.383 e. The molecule has 130 valence electrons. The Morgan fingerprint density at radius 3 is 2.29 bits per heavy atom. The van der Waals surface area contributed by atoms with Gasteiger partial charge in [0.2, 0.25) is 11.8 Å². The standard InChI is InChI=1S/C18H25N3O3/c19-17(23)15(12-4-2-1-3-5-12)21-10-8-13(9-11-21)16(22)18(24)20-14-6-7-14/h1-5,13-16,22H,6-11H2,(H2,19,23)(H,20,24)/t15-,16-/m0/s1. The molecule has 2 atom stereocenters. The Balaban J connectivity index is 1.58. The average Bonchev–Trinajstić information content (AvgIpc) is 3.39. The predicted octanol–water partition coefficient (Wildman–Crippen LogP) is 0.565. The van der Waals surface area contributed by atoms with Crippen LogP contribution in [0.5, 0.6) is 0 Å². The molecule has 6 nitrogen and oxygen atoms in total. The van der Waals surface area contributed by atoms with Gasteiger partial charge in [0.05, 0.1) is 0 Å². The molecule has 1 aliphatic heterocycles. The van der Waals surface area contributed by atoms with Crippen LogP contribution in [0.25, 0.3) is 0 Å². The molecule has 0 radical (unpaired) electrons. The summed E-state index contributed by atoms with van der Waals surface area (Å²) in [6, 6.07) is 9.30. The molecule has 24 heavy (non-hydrogen) atoms. The number of piperidine rings is 1. The number of aliphatic hydroxyl groups excluding tert-OH is 1. The highest BCUT2D eigenvalue weighted by molar-refractivity contribution is 5.82. The number of nitrogens with zero attached hydrogens (tertiary/aromatic N) is 1. The molecule has 1 heterocycles. The van der Waals surface area contributed by atoms with Crippen LogP contribution in [-0.2, 0) is 9.59 Å². The molecule has 1 saturated carbocycles. The summed E-state index contributed by atoms with van der Waals surface area (Å²) in [5.74, 6) is -0.693. The molecule has 2 amide bonds. The second kappa shape index (κ2) is 7.32. The van der Waals surface area contributed by atoms with Crippen LogP contribution < -0.4 is 11.1 Å². The van der Waals surface area contributed by atoms with Gasteiger partial charge in [0, 0.05) is 6.04 Å². The zero-order chi connectivity index (χ0) is 17.1.